The molecule has 0 radical (unpaired) electrons. The fourth-order valence-corrected chi connectivity index (χ4v) is 3.88. The summed E-state index contributed by atoms with van der Waals surface area (Å²) in [4.78, 5) is 0. The molecule has 17 heavy (non-hydrogen) atoms. The highest BCUT2D eigenvalue weighted by Gasteiger charge is 2.27. The van der Waals surface area contributed by atoms with E-state index in [9.17, 15) is 5.11 Å². The van der Waals surface area contributed by atoms with Crippen molar-refractivity contribution in [1.29, 1.82) is 0 Å². The predicted molar refractivity (Wildman–Crippen MR) is 74.3 cm³/mol. The minimum atomic E-state index is -0.307. The zero-order valence-corrected chi connectivity index (χ0v) is 10.7. The van der Waals surface area contributed by atoms with Crippen LogP contribution in [0.2, 0.25) is 0 Å². The predicted octanol–water partition coefficient (Wildman–Crippen LogP) is 3.90. The van der Waals surface area contributed by atoms with Gasteiger partial charge in [0.2, 0.25) is 0 Å². The monoisotopic (exact) mass is 244 g/mol. The Morgan fingerprint density at radius 2 is 2.06 bits per heavy atom. The number of fused-ring (bicyclic) bond motifs is 3. The summed E-state index contributed by atoms with van der Waals surface area (Å²) in [6.45, 7) is 2.15. The van der Waals surface area contributed by atoms with Gasteiger partial charge in [-0.3, -0.25) is 0 Å². The van der Waals surface area contributed by atoms with Crippen molar-refractivity contribution in [3.63, 3.8) is 0 Å². The fraction of sp³-hybridized carbons (Fsp3) is 0.333. The lowest BCUT2D eigenvalue weighted by Gasteiger charge is -2.29. The molecule has 2 heteroatoms. The number of hydrogen-bond acceptors (Lipinski definition) is 2. The fourth-order valence-electron chi connectivity index (χ4n) is 2.61. The summed E-state index contributed by atoms with van der Waals surface area (Å²) in [6, 6.07) is 12.7. The highest BCUT2D eigenvalue weighted by molar-refractivity contribution is 7.99. The molecule has 2 aromatic carbocycles. The zero-order chi connectivity index (χ0) is 11.8. The van der Waals surface area contributed by atoms with Crippen LogP contribution in [0.25, 0.3) is 10.8 Å². The second-order valence-corrected chi connectivity index (χ2v) is 5.78. The van der Waals surface area contributed by atoms with Gasteiger partial charge in [0.25, 0.3) is 0 Å². The summed E-state index contributed by atoms with van der Waals surface area (Å²) in [5.74, 6) is 1.02. The van der Waals surface area contributed by atoms with Crippen LogP contribution in [0.3, 0.4) is 0 Å². The summed E-state index contributed by atoms with van der Waals surface area (Å²) in [6.07, 6.45) is 0.719. The molecule has 0 spiro atoms. The van der Waals surface area contributed by atoms with E-state index in [2.05, 4.69) is 43.3 Å². The van der Waals surface area contributed by atoms with Gasteiger partial charge in [-0.25, -0.2) is 0 Å². The SMILES string of the molecule is CCC1SCc2c(ccc3ccccc23)C1O. The molecule has 2 aromatic rings. The molecule has 0 saturated carbocycles. The Hall–Kier alpha value is -0.990. The average molecular weight is 244 g/mol. The van der Waals surface area contributed by atoms with Crippen LogP contribution in [0.1, 0.15) is 30.6 Å². The largest absolute Gasteiger partial charge is 0.387 e. The Labute approximate surface area is 106 Å². The molecule has 0 aromatic heterocycles. The van der Waals surface area contributed by atoms with Crippen molar-refractivity contribution >= 4 is 22.5 Å². The standard InChI is InChI=1S/C15H16OS/c1-2-14-15(16)12-8-7-10-5-3-4-6-11(10)13(12)9-17-14/h3-8,14-16H,2,9H2,1H3. The van der Waals surface area contributed by atoms with E-state index in [1.54, 1.807) is 0 Å². The van der Waals surface area contributed by atoms with Gasteiger partial charge in [0.15, 0.2) is 0 Å². The Morgan fingerprint density at radius 1 is 1.24 bits per heavy atom. The van der Waals surface area contributed by atoms with Crippen molar-refractivity contribution in [3.8, 4) is 0 Å². The van der Waals surface area contributed by atoms with Gasteiger partial charge in [0.05, 0.1) is 6.10 Å². The van der Waals surface area contributed by atoms with Crippen LogP contribution in [0.15, 0.2) is 36.4 Å². The van der Waals surface area contributed by atoms with Crippen molar-refractivity contribution in [1.82, 2.24) is 0 Å². The molecule has 1 nitrogen and oxygen atoms in total. The third kappa shape index (κ3) is 1.76. The zero-order valence-electron chi connectivity index (χ0n) is 9.89. The second-order valence-electron chi connectivity index (χ2n) is 4.56. The first-order chi connectivity index (χ1) is 8.31. The maximum absolute atomic E-state index is 10.4. The second kappa shape index (κ2) is 4.35. The Morgan fingerprint density at radius 3 is 2.88 bits per heavy atom. The van der Waals surface area contributed by atoms with Crippen LogP contribution >= 0.6 is 11.8 Å². The van der Waals surface area contributed by atoms with Crippen molar-refractivity contribution < 1.29 is 5.11 Å². The van der Waals surface area contributed by atoms with Crippen LogP contribution in [0, 0.1) is 0 Å². The molecule has 1 N–H and O–H groups in total. The van der Waals surface area contributed by atoms with Crippen LogP contribution < -0.4 is 0 Å². The highest BCUT2D eigenvalue weighted by atomic mass is 32.2. The number of aliphatic hydroxyl groups is 1. The van der Waals surface area contributed by atoms with E-state index in [-0.39, 0.29) is 6.10 Å². The lowest BCUT2D eigenvalue weighted by molar-refractivity contribution is 0.170. The van der Waals surface area contributed by atoms with Gasteiger partial charge in [-0.15, -0.1) is 0 Å². The van der Waals surface area contributed by atoms with Gasteiger partial charge in [-0.2, -0.15) is 11.8 Å². The minimum absolute atomic E-state index is 0.307. The maximum Gasteiger partial charge on any atom is 0.0911 e. The third-order valence-electron chi connectivity index (χ3n) is 3.59. The van der Waals surface area contributed by atoms with Crippen molar-refractivity contribution in [2.75, 3.05) is 0 Å². The molecule has 88 valence electrons. The molecule has 2 atom stereocenters. The van der Waals surface area contributed by atoms with Crippen molar-refractivity contribution in [3.05, 3.63) is 47.5 Å². The molecule has 1 heterocycles. The molecular formula is C15H16OS. The highest BCUT2D eigenvalue weighted by Crippen LogP contribution is 2.41. The summed E-state index contributed by atoms with van der Waals surface area (Å²) in [5, 5.41) is 13.3. The number of rotatable bonds is 1. The normalized spacial score (nSPS) is 23.6. The molecule has 2 unspecified atom stereocenters. The maximum atomic E-state index is 10.4. The molecule has 0 fully saturated rings. The summed E-state index contributed by atoms with van der Waals surface area (Å²) in [5.41, 5.74) is 2.46. The Bertz CT molecular complexity index is 550. The summed E-state index contributed by atoms with van der Waals surface area (Å²) in [7, 11) is 0. The van der Waals surface area contributed by atoms with Gasteiger partial charge in [-0.1, -0.05) is 43.3 Å². The number of thioether (sulfide) groups is 1. The van der Waals surface area contributed by atoms with Gasteiger partial charge in [0, 0.05) is 11.0 Å². The lowest BCUT2D eigenvalue weighted by Crippen LogP contribution is -2.20. The molecule has 0 bridgehead atoms. The van der Waals surface area contributed by atoms with Gasteiger partial charge < -0.3 is 5.11 Å². The van der Waals surface area contributed by atoms with E-state index in [0.29, 0.717) is 5.25 Å². The lowest BCUT2D eigenvalue weighted by atomic mass is 9.94. The first-order valence-electron chi connectivity index (χ1n) is 6.11. The summed E-state index contributed by atoms with van der Waals surface area (Å²) >= 11 is 1.88. The van der Waals surface area contributed by atoms with E-state index in [1.807, 2.05) is 11.8 Å². The molecule has 1 aliphatic rings. The number of aliphatic hydroxyl groups excluding tert-OH is 1. The molecule has 0 aliphatic carbocycles. The number of hydrogen-bond donors (Lipinski definition) is 1. The van der Waals surface area contributed by atoms with E-state index < -0.39 is 0 Å². The molecular weight excluding hydrogens is 228 g/mol. The van der Waals surface area contributed by atoms with Gasteiger partial charge in [-0.05, 0) is 28.3 Å². The molecule has 3 rings (SSSR count). The number of benzene rings is 2. The van der Waals surface area contributed by atoms with E-state index in [4.69, 9.17) is 0 Å². The third-order valence-corrected chi connectivity index (χ3v) is 5.07. The minimum Gasteiger partial charge on any atom is -0.387 e. The average Bonchev–Trinajstić information content (AvgIpc) is 2.39. The quantitative estimate of drug-likeness (QED) is 0.821. The van der Waals surface area contributed by atoms with Crippen LogP contribution in [-0.2, 0) is 5.75 Å². The first-order valence-corrected chi connectivity index (χ1v) is 7.16. The molecule has 0 amide bonds. The smallest absolute Gasteiger partial charge is 0.0911 e. The molecule has 0 saturated heterocycles. The van der Waals surface area contributed by atoms with Gasteiger partial charge in [0.1, 0.15) is 0 Å². The van der Waals surface area contributed by atoms with E-state index in [0.717, 1.165) is 17.7 Å². The molecule has 1 aliphatic heterocycles. The van der Waals surface area contributed by atoms with Gasteiger partial charge >= 0.3 is 0 Å². The first kappa shape index (κ1) is 11.1. The van der Waals surface area contributed by atoms with E-state index in [1.165, 1.54) is 16.3 Å². The van der Waals surface area contributed by atoms with E-state index >= 15 is 0 Å². The van der Waals surface area contributed by atoms with Crippen LogP contribution in [-0.4, -0.2) is 10.4 Å². The van der Waals surface area contributed by atoms with Crippen molar-refractivity contribution in [2.24, 2.45) is 0 Å². The Kier molecular flexibility index (Phi) is 2.85. The summed E-state index contributed by atoms with van der Waals surface area (Å²) < 4.78 is 0. The van der Waals surface area contributed by atoms with Crippen LogP contribution in [0.5, 0.6) is 0 Å². The van der Waals surface area contributed by atoms with Crippen molar-refractivity contribution in [2.45, 2.75) is 30.5 Å². The Balaban J connectivity index is 2.19. The topological polar surface area (TPSA) is 20.2 Å². The van der Waals surface area contributed by atoms with Crippen LogP contribution in [0.4, 0.5) is 0 Å².